The van der Waals surface area contributed by atoms with Crippen molar-refractivity contribution in [2.75, 3.05) is 39.4 Å². The molecule has 1 unspecified atom stereocenters. The number of Topliss-reactive ketones (excluding diaryl/α,β-unsaturated/α-hetero) is 1. The zero-order chi connectivity index (χ0) is 26.9. The zero-order valence-electron chi connectivity index (χ0n) is 22.8. The van der Waals surface area contributed by atoms with Gasteiger partial charge in [-0.2, -0.15) is 0 Å². The van der Waals surface area contributed by atoms with Gasteiger partial charge in [0.05, 0.1) is 24.8 Å². The molecular weight excluding hydrogens is 468 g/mol. The molecule has 0 bridgehead atoms. The monoisotopic (exact) mass is 508 g/mol. The molecule has 0 aliphatic carbocycles. The Kier molecular flexibility index (Phi) is 10.1. The van der Waals surface area contributed by atoms with Gasteiger partial charge in [0.2, 0.25) is 0 Å². The van der Waals surface area contributed by atoms with E-state index in [4.69, 9.17) is 9.47 Å². The standard InChI is InChI=1S/C30H40N2O5/c1-6-19-37-24-16-15-23(20-25(24)36-9-4)27-26(28(33)22-13-11-21(5)12-14-22)29(34)30(35)32(27)18-10-17-31(7-2)8-3/h11-16,20,27,33H,6-10,17-19H2,1-5H3. The molecule has 1 fully saturated rings. The van der Waals surface area contributed by atoms with E-state index in [-0.39, 0.29) is 11.3 Å². The van der Waals surface area contributed by atoms with Crippen LogP contribution < -0.4 is 9.47 Å². The molecule has 1 N–H and O–H groups in total. The van der Waals surface area contributed by atoms with Crippen LogP contribution in [0.15, 0.2) is 48.0 Å². The van der Waals surface area contributed by atoms with Gasteiger partial charge in [-0.05, 0) is 64.0 Å². The highest BCUT2D eigenvalue weighted by Crippen LogP contribution is 2.42. The van der Waals surface area contributed by atoms with Crippen LogP contribution in [-0.2, 0) is 9.59 Å². The lowest BCUT2D eigenvalue weighted by Crippen LogP contribution is -2.33. The summed E-state index contributed by atoms with van der Waals surface area (Å²) in [5, 5.41) is 11.3. The Morgan fingerprint density at radius 1 is 0.973 bits per heavy atom. The average Bonchev–Trinajstić information content (AvgIpc) is 3.15. The number of aryl methyl sites for hydroxylation is 1. The van der Waals surface area contributed by atoms with Gasteiger partial charge in [0.1, 0.15) is 5.76 Å². The highest BCUT2D eigenvalue weighted by Gasteiger charge is 2.46. The van der Waals surface area contributed by atoms with E-state index in [0.717, 1.165) is 31.6 Å². The number of rotatable bonds is 13. The molecule has 0 spiro atoms. The number of ketones is 1. The van der Waals surface area contributed by atoms with Crippen molar-refractivity contribution < 1.29 is 24.2 Å². The first-order valence-corrected chi connectivity index (χ1v) is 13.3. The fraction of sp³-hybridized carbons (Fsp3) is 0.467. The highest BCUT2D eigenvalue weighted by molar-refractivity contribution is 6.46. The Labute approximate surface area is 220 Å². The lowest BCUT2D eigenvalue weighted by atomic mass is 9.94. The van der Waals surface area contributed by atoms with Gasteiger partial charge in [-0.15, -0.1) is 0 Å². The van der Waals surface area contributed by atoms with Gasteiger partial charge >= 0.3 is 0 Å². The van der Waals surface area contributed by atoms with Crippen LogP contribution in [0.2, 0.25) is 0 Å². The summed E-state index contributed by atoms with van der Waals surface area (Å²) < 4.78 is 11.7. The van der Waals surface area contributed by atoms with Crippen molar-refractivity contribution in [1.82, 2.24) is 9.80 Å². The number of nitrogens with zero attached hydrogens (tertiary/aromatic N) is 2. The number of amides is 1. The molecule has 7 heteroatoms. The summed E-state index contributed by atoms with van der Waals surface area (Å²) in [5.41, 5.74) is 2.34. The number of aliphatic hydroxyl groups excluding tert-OH is 1. The van der Waals surface area contributed by atoms with Crippen molar-refractivity contribution in [3.05, 3.63) is 64.7 Å². The van der Waals surface area contributed by atoms with Crippen LogP contribution in [0.3, 0.4) is 0 Å². The van der Waals surface area contributed by atoms with E-state index in [2.05, 4.69) is 18.7 Å². The molecule has 1 aliphatic heterocycles. The van der Waals surface area contributed by atoms with Gasteiger partial charge in [-0.1, -0.05) is 56.7 Å². The number of likely N-dealkylation sites (tertiary alicyclic amines) is 1. The highest BCUT2D eigenvalue weighted by atomic mass is 16.5. The Morgan fingerprint density at radius 2 is 1.68 bits per heavy atom. The van der Waals surface area contributed by atoms with E-state index >= 15 is 0 Å². The molecule has 1 saturated heterocycles. The van der Waals surface area contributed by atoms with Crippen molar-refractivity contribution in [3.63, 3.8) is 0 Å². The molecule has 0 saturated carbocycles. The molecule has 2 aromatic carbocycles. The summed E-state index contributed by atoms with van der Waals surface area (Å²) in [5.74, 6) is -0.265. The molecular formula is C30H40N2O5. The van der Waals surface area contributed by atoms with E-state index in [1.807, 2.05) is 51.1 Å². The van der Waals surface area contributed by atoms with E-state index in [9.17, 15) is 14.7 Å². The molecule has 37 heavy (non-hydrogen) atoms. The van der Waals surface area contributed by atoms with Crippen molar-refractivity contribution >= 4 is 17.4 Å². The van der Waals surface area contributed by atoms with Crippen molar-refractivity contribution in [1.29, 1.82) is 0 Å². The molecule has 3 rings (SSSR count). The van der Waals surface area contributed by atoms with Crippen LogP contribution in [0.1, 0.15) is 63.3 Å². The van der Waals surface area contributed by atoms with Gasteiger partial charge in [0.15, 0.2) is 11.5 Å². The van der Waals surface area contributed by atoms with Crippen LogP contribution in [0.25, 0.3) is 5.76 Å². The Morgan fingerprint density at radius 3 is 2.30 bits per heavy atom. The smallest absolute Gasteiger partial charge is 0.295 e. The summed E-state index contributed by atoms with van der Waals surface area (Å²) in [7, 11) is 0. The number of benzene rings is 2. The lowest BCUT2D eigenvalue weighted by Gasteiger charge is -2.27. The normalized spacial score (nSPS) is 17.0. The molecule has 1 aliphatic rings. The number of hydrogen-bond donors (Lipinski definition) is 1. The Bertz CT molecular complexity index is 1110. The van der Waals surface area contributed by atoms with Crippen molar-refractivity contribution in [2.45, 2.75) is 53.5 Å². The first-order valence-electron chi connectivity index (χ1n) is 13.3. The first kappa shape index (κ1) is 28.3. The summed E-state index contributed by atoms with van der Waals surface area (Å²) in [6, 6.07) is 12.0. The van der Waals surface area contributed by atoms with E-state index in [0.29, 0.717) is 48.8 Å². The second-order valence-electron chi connectivity index (χ2n) is 9.23. The van der Waals surface area contributed by atoms with Crippen LogP contribution in [0.5, 0.6) is 11.5 Å². The molecule has 7 nitrogen and oxygen atoms in total. The third-order valence-corrected chi connectivity index (χ3v) is 6.68. The third-order valence-electron chi connectivity index (χ3n) is 6.68. The van der Waals surface area contributed by atoms with Gasteiger partial charge in [-0.25, -0.2) is 0 Å². The predicted molar refractivity (Wildman–Crippen MR) is 146 cm³/mol. The molecule has 1 atom stereocenters. The maximum atomic E-state index is 13.3. The van der Waals surface area contributed by atoms with Crippen LogP contribution in [0.4, 0.5) is 0 Å². The number of carbonyl (C=O) groups excluding carboxylic acids is 2. The third kappa shape index (κ3) is 6.52. The minimum absolute atomic E-state index is 0.0985. The van der Waals surface area contributed by atoms with E-state index in [1.54, 1.807) is 17.0 Å². The minimum Gasteiger partial charge on any atom is -0.507 e. The SMILES string of the molecule is CCCOc1ccc(C2C(=C(O)c3ccc(C)cc3)C(=O)C(=O)N2CCCN(CC)CC)cc1OCC. The summed E-state index contributed by atoms with van der Waals surface area (Å²) >= 11 is 0. The largest absolute Gasteiger partial charge is 0.507 e. The number of aliphatic hydroxyl groups is 1. The minimum atomic E-state index is -0.725. The number of ether oxygens (including phenoxy) is 2. The predicted octanol–water partition coefficient (Wildman–Crippen LogP) is 5.34. The molecule has 1 amide bonds. The average molecular weight is 509 g/mol. The summed E-state index contributed by atoms with van der Waals surface area (Å²) in [6.45, 7) is 14.1. The van der Waals surface area contributed by atoms with Gasteiger partial charge in [0.25, 0.3) is 11.7 Å². The van der Waals surface area contributed by atoms with Crippen LogP contribution in [0, 0.1) is 6.92 Å². The fourth-order valence-corrected chi connectivity index (χ4v) is 4.62. The fourth-order valence-electron chi connectivity index (χ4n) is 4.62. The molecule has 0 aromatic heterocycles. The second kappa shape index (κ2) is 13.3. The van der Waals surface area contributed by atoms with Crippen molar-refractivity contribution in [2.24, 2.45) is 0 Å². The Hall–Kier alpha value is -3.32. The second-order valence-corrected chi connectivity index (χ2v) is 9.23. The zero-order valence-corrected chi connectivity index (χ0v) is 22.8. The quantitative estimate of drug-likeness (QED) is 0.224. The first-order chi connectivity index (χ1) is 17.9. The topological polar surface area (TPSA) is 79.3 Å². The van der Waals surface area contributed by atoms with Crippen LogP contribution >= 0.6 is 0 Å². The summed E-state index contributed by atoms with van der Waals surface area (Å²) in [4.78, 5) is 30.5. The molecule has 1 heterocycles. The van der Waals surface area contributed by atoms with Gasteiger partial charge in [0, 0.05) is 12.1 Å². The van der Waals surface area contributed by atoms with E-state index < -0.39 is 17.7 Å². The number of carbonyl (C=O) groups is 2. The molecule has 0 radical (unpaired) electrons. The Balaban J connectivity index is 2.08. The number of hydrogen-bond acceptors (Lipinski definition) is 6. The summed E-state index contributed by atoms with van der Waals surface area (Å²) in [6.07, 6.45) is 1.57. The maximum absolute atomic E-state index is 13.3. The van der Waals surface area contributed by atoms with Crippen LogP contribution in [-0.4, -0.2) is 66.0 Å². The van der Waals surface area contributed by atoms with E-state index in [1.165, 1.54) is 0 Å². The van der Waals surface area contributed by atoms with Gasteiger partial charge in [-0.3, -0.25) is 9.59 Å². The molecule has 200 valence electrons. The van der Waals surface area contributed by atoms with Crippen molar-refractivity contribution in [3.8, 4) is 11.5 Å². The van der Waals surface area contributed by atoms with Gasteiger partial charge < -0.3 is 24.4 Å². The molecule has 2 aromatic rings. The lowest BCUT2D eigenvalue weighted by molar-refractivity contribution is -0.140. The maximum Gasteiger partial charge on any atom is 0.295 e.